The predicted octanol–water partition coefficient (Wildman–Crippen LogP) is 2.06. The Kier molecular flexibility index (Phi) is 5.98. The van der Waals surface area contributed by atoms with E-state index >= 15 is 0 Å². The lowest BCUT2D eigenvalue weighted by molar-refractivity contribution is -0.137. The lowest BCUT2D eigenvalue weighted by atomic mass is 10.2. The zero-order valence-electron chi connectivity index (χ0n) is 14.3. The second kappa shape index (κ2) is 7.75. The van der Waals surface area contributed by atoms with Gasteiger partial charge in [0.15, 0.2) is 0 Å². The Morgan fingerprint density at radius 3 is 2.59 bits per heavy atom. The fraction of sp³-hybridized carbons (Fsp3) is 0.611. The highest BCUT2D eigenvalue weighted by Crippen LogP contribution is 2.15. The van der Waals surface area contributed by atoms with Crippen LogP contribution in [-0.2, 0) is 11.3 Å². The molecule has 22 heavy (non-hydrogen) atoms. The van der Waals surface area contributed by atoms with Crippen molar-refractivity contribution in [2.75, 3.05) is 33.7 Å². The number of hydrogen-bond acceptors (Lipinski definition) is 3. The summed E-state index contributed by atoms with van der Waals surface area (Å²) >= 11 is 0. The predicted molar refractivity (Wildman–Crippen MR) is 90.7 cm³/mol. The summed E-state index contributed by atoms with van der Waals surface area (Å²) in [4.78, 5) is 19.2. The van der Waals surface area contributed by atoms with Gasteiger partial charge in [0.25, 0.3) is 0 Å². The molecule has 0 aromatic heterocycles. The molecule has 1 amide bonds. The summed E-state index contributed by atoms with van der Waals surface area (Å²) in [5, 5.41) is 0. The number of nitrogens with zero attached hydrogens (tertiary/aromatic N) is 3. The van der Waals surface area contributed by atoms with Crippen LogP contribution < -0.4 is 0 Å². The second-order valence-electron chi connectivity index (χ2n) is 6.59. The lowest BCUT2D eigenvalue weighted by Crippen LogP contribution is -2.49. The maximum absolute atomic E-state index is 12.6. The molecule has 4 nitrogen and oxygen atoms in total. The van der Waals surface area contributed by atoms with Gasteiger partial charge in [-0.25, -0.2) is 0 Å². The highest BCUT2D eigenvalue weighted by Gasteiger charge is 2.29. The molecule has 1 heterocycles. The Morgan fingerprint density at radius 2 is 1.95 bits per heavy atom. The van der Waals surface area contributed by atoms with Gasteiger partial charge in [-0.3, -0.25) is 14.6 Å². The van der Waals surface area contributed by atoms with Gasteiger partial charge in [0.05, 0.1) is 6.04 Å². The van der Waals surface area contributed by atoms with Crippen LogP contribution in [0.1, 0.15) is 25.8 Å². The maximum Gasteiger partial charge on any atom is 0.239 e. The first-order valence-electron chi connectivity index (χ1n) is 8.22. The quantitative estimate of drug-likeness (QED) is 0.852. The molecule has 1 saturated heterocycles. The minimum Gasteiger partial charge on any atom is -0.337 e. The van der Waals surface area contributed by atoms with Gasteiger partial charge in [-0.1, -0.05) is 30.3 Å². The van der Waals surface area contributed by atoms with Crippen molar-refractivity contribution < 1.29 is 4.79 Å². The van der Waals surface area contributed by atoms with Gasteiger partial charge < -0.3 is 4.90 Å². The summed E-state index contributed by atoms with van der Waals surface area (Å²) in [7, 11) is 3.93. The molecule has 1 aromatic rings. The van der Waals surface area contributed by atoms with Crippen LogP contribution in [0.2, 0.25) is 0 Å². The van der Waals surface area contributed by atoms with Crippen molar-refractivity contribution in [2.45, 2.75) is 38.9 Å². The Hall–Kier alpha value is -1.39. The van der Waals surface area contributed by atoms with Crippen molar-refractivity contribution in [3.63, 3.8) is 0 Å². The van der Waals surface area contributed by atoms with Gasteiger partial charge in [0.1, 0.15) is 0 Å². The largest absolute Gasteiger partial charge is 0.337 e. The van der Waals surface area contributed by atoms with Crippen LogP contribution in [0, 0.1) is 0 Å². The molecule has 0 bridgehead atoms. The van der Waals surface area contributed by atoms with E-state index in [0.29, 0.717) is 0 Å². The first-order chi connectivity index (χ1) is 10.5. The van der Waals surface area contributed by atoms with E-state index < -0.39 is 0 Å². The van der Waals surface area contributed by atoms with Crippen LogP contribution in [0.3, 0.4) is 0 Å². The summed E-state index contributed by atoms with van der Waals surface area (Å²) in [6, 6.07) is 10.8. The Balaban J connectivity index is 1.98. The number of carbonyl (C=O) groups is 1. The third kappa shape index (κ3) is 4.31. The lowest BCUT2D eigenvalue weighted by Gasteiger charge is -2.33. The van der Waals surface area contributed by atoms with Crippen molar-refractivity contribution in [2.24, 2.45) is 0 Å². The highest BCUT2D eigenvalue weighted by molar-refractivity contribution is 5.81. The Morgan fingerprint density at radius 1 is 1.27 bits per heavy atom. The molecular weight excluding hydrogens is 274 g/mol. The molecule has 0 aliphatic carbocycles. The number of rotatable bonds is 4. The molecule has 1 fully saturated rings. The average molecular weight is 303 g/mol. The molecular formula is C18H29N3O. The molecule has 0 radical (unpaired) electrons. The van der Waals surface area contributed by atoms with E-state index in [4.69, 9.17) is 0 Å². The molecule has 1 unspecified atom stereocenters. The van der Waals surface area contributed by atoms with Crippen molar-refractivity contribution in [1.29, 1.82) is 0 Å². The molecule has 1 aliphatic heterocycles. The van der Waals surface area contributed by atoms with Crippen LogP contribution in [0.15, 0.2) is 30.3 Å². The van der Waals surface area contributed by atoms with E-state index in [1.54, 1.807) is 0 Å². The van der Waals surface area contributed by atoms with Crippen LogP contribution in [0.4, 0.5) is 0 Å². The SMILES string of the molecule is CC1CN(Cc2ccccc2)CCCN1C(=O)[C@@H](C)N(C)C. The van der Waals surface area contributed by atoms with E-state index in [9.17, 15) is 4.79 Å². The van der Waals surface area contributed by atoms with E-state index in [1.807, 2.05) is 25.9 Å². The van der Waals surface area contributed by atoms with Crippen molar-refractivity contribution >= 4 is 5.91 Å². The zero-order valence-corrected chi connectivity index (χ0v) is 14.3. The number of likely N-dealkylation sites (N-methyl/N-ethyl adjacent to an activating group) is 1. The molecule has 1 aromatic carbocycles. The van der Waals surface area contributed by atoms with Crippen LogP contribution >= 0.6 is 0 Å². The van der Waals surface area contributed by atoms with Crippen molar-refractivity contribution in [1.82, 2.24) is 14.7 Å². The van der Waals surface area contributed by atoms with Crippen molar-refractivity contribution in [3.8, 4) is 0 Å². The standard InChI is InChI=1S/C18H29N3O/c1-15-13-20(14-17-9-6-5-7-10-17)11-8-12-21(15)18(22)16(2)19(3)4/h5-7,9-10,15-16H,8,11-14H2,1-4H3/t15?,16-/m1/s1. The third-order valence-corrected chi connectivity index (χ3v) is 4.59. The normalized spacial score (nSPS) is 21.7. The smallest absolute Gasteiger partial charge is 0.239 e. The minimum atomic E-state index is -0.0527. The van der Waals surface area contributed by atoms with E-state index in [2.05, 4.69) is 47.1 Å². The van der Waals surface area contributed by atoms with Gasteiger partial charge in [0, 0.05) is 32.2 Å². The molecule has 0 saturated carbocycles. The number of carbonyl (C=O) groups excluding carboxylic acids is 1. The maximum atomic E-state index is 12.6. The number of hydrogen-bond donors (Lipinski definition) is 0. The molecule has 4 heteroatoms. The summed E-state index contributed by atoms with van der Waals surface area (Å²) in [6.07, 6.45) is 1.04. The average Bonchev–Trinajstić information content (AvgIpc) is 2.68. The van der Waals surface area contributed by atoms with Crippen LogP contribution in [-0.4, -0.2) is 66.4 Å². The number of amides is 1. The first-order valence-corrected chi connectivity index (χ1v) is 8.22. The third-order valence-electron chi connectivity index (χ3n) is 4.59. The fourth-order valence-corrected chi connectivity index (χ4v) is 3.02. The molecule has 2 rings (SSSR count). The molecule has 1 aliphatic rings. The Labute approximate surface area is 134 Å². The van der Waals surface area contributed by atoms with E-state index in [1.165, 1.54) is 5.56 Å². The summed E-state index contributed by atoms with van der Waals surface area (Å²) in [6.45, 7) is 7.99. The molecule has 0 N–H and O–H groups in total. The summed E-state index contributed by atoms with van der Waals surface area (Å²) in [5.41, 5.74) is 1.34. The van der Waals surface area contributed by atoms with Gasteiger partial charge in [-0.05, 0) is 39.9 Å². The topological polar surface area (TPSA) is 26.8 Å². The van der Waals surface area contributed by atoms with Crippen molar-refractivity contribution in [3.05, 3.63) is 35.9 Å². The summed E-state index contributed by atoms with van der Waals surface area (Å²) in [5.74, 6) is 0.249. The first kappa shape index (κ1) is 17.0. The minimum absolute atomic E-state index is 0.0527. The van der Waals surface area contributed by atoms with Gasteiger partial charge in [-0.2, -0.15) is 0 Å². The van der Waals surface area contributed by atoms with E-state index in [0.717, 1.165) is 32.6 Å². The second-order valence-corrected chi connectivity index (χ2v) is 6.59. The highest BCUT2D eigenvalue weighted by atomic mass is 16.2. The van der Waals surface area contributed by atoms with Crippen LogP contribution in [0.25, 0.3) is 0 Å². The molecule has 122 valence electrons. The Bertz CT molecular complexity index is 474. The van der Waals surface area contributed by atoms with Gasteiger partial charge in [0.2, 0.25) is 5.91 Å². The zero-order chi connectivity index (χ0) is 16.1. The van der Waals surface area contributed by atoms with Gasteiger partial charge in [-0.15, -0.1) is 0 Å². The summed E-state index contributed by atoms with van der Waals surface area (Å²) < 4.78 is 0. The molecule has 2 atom stereocenters. The molecule has 0 spiro atoms. The fourth-order valence-electron chi connectivity index (χ4n) is 3.02. The monoisotopic (exact) mass is 303 g/mol. The number of benzene rings is 1. The van der Waals surface area contributed by atoms with Gasteiger partial charge >= 0.3 is 0 Å². The van der Waals surface area contributed by atoms with E-state index in [-0.39, 0.29) is 18.0 Å². The van der Waals surface area contributed by atoms with Crippen LogP contribution in [0.5, 0.6) is 0 Å².